The first-order valence-electron chi connectivity index (χ1n) is 12.8. The number of pyridine rings is 1. The van der Waals surface area contributed by atoms with E-state index < -0.39 is 0 Å². The molecule has 4 nitrogen and oxygen atoms in total. The molecule has 6 aromatic rings. The summed E-state index contributed by atoms with van der Waals surface area (Å²) in [5.41, 5.74) is 9.27. The third kappa shape index (κ3) is 3.10. The van der Waals surface area contributed by atoms with Gasteiger partial charge in [0.25, 0.3) is 0 Å². The number of nitrogens with one attached hydrogen (secondary N) is 1. The molecule has 0 fully saturated rings. The smallest absolute Gasteiger partial charge is 0.109 e. The zero-order chi connectivity index (χ0) is 24.6. The van der Waals surface area contributed by atoms with E-state index in [0.29, 0.717) is 11.8 Å². The van der Waals surface area contributed by atoms with Crippen LogP contribution >= 0.6 is 0 Å². The van der Waals surface area contributed by atoms with Crippen LogP contribution in [0.2, 0.25) is 0 Å². The number of rotatable bonds is 3. The summed E-state index contributed by atoms with van der Waals surface area (Å²) in [5.74, 6) is 1.84. The molecule has 4 aromatic carbocycles. The summed E-state index contributed by atoms with van der Waals surface area (Å²) >= 11 is 0. The molecular formula is C32H28N4. The Labute approximate surface area is 210 Å². The number of imidazole rings is 1. The van der Waals surface area contributed by atoms with Gasteiger partial charge in [0, 0.05) is 40.4 Å². The number of H-pyrrole nitrogens is 1. The molecule has 0 unspecified atom stereocenters. The van der Waals surface area contributed by atoms with Gasteiger partial charge in [-0.2, -0.15) is 0 Å². The van der Waals surface area contributed by atoms with Gasteiger partial charge in [-0.1, -0.05) is 58.0 Å². The first-order valence-corrected chi connectivity index (χ1v) is 12.8. The second-order valence-corrected chi connectivity index (χ2v) is 10.6. The average molecular weight is 469 g/mol. The maximum atomic E-state index is 5.05. The van der Waals surface area contributed by atoms with E-state index in [0.717, 1.165) is 39.9 Å². The molecule has 0 aliphatic carbocycles. The maximum Gasteiger partial charge on any atom is 0.109 e. The Hall–Kier alpha value is -4.05. The highest BCUT2D eigenvalue weighted by Crippen LogP contribution is 2.43. The minimum atomic E-state index is 0.372. The highest BCUT2D eigenvalue weighted by molar-refractivity contribution is 6.17. The quantitative estimate of drug-likeness (QED) is 0.265. The Kier molecular flexibility index (Phi) is 4.56. The van der Waals surface area contributed by atoms with Crippen molar-refractivity contribution >= 4 is 54.9 Å². The van der Waals surface area contributed by atoms with E-state index in [1.165, 1.54) is 43.9 Å². The van der Waals surface area contributed by atoms with Crippen molar-refractivity contribution in [3.63, 3.8) is 0 Å². The Morgan fingerprint density at radius 3 is 2.36 bits per heavy atom. The second kappa shape index (κ2) is 7.72. The molecule has 2 aromatic heterocycles. The van der Waals surface area contributed by atoms with E-state index >= 15 is 0 Å². The molecule has 0 saturated heterocycles. The summed E-state index contributed by atoms with van der Waals surface area (Å²) in [6, 6.07) is 22.1. The first-order chi connectivity index (χ1) is 17.5. The molecule has 0 amide bonds. The second-order valence-electron chi connectivity index (χ2n) is 10.6. The largest absolute Gasteiger partial charge is 0.342 e. The van der Waals surface area contributed by atoms with Gasteiger partial charge in [0.15, 0.2) is 0 Å². The molecule has 0 bridgehead atoms. The van der Waals surface area contributed by atoms with Crippen LogP contribution in [0.5, 0.6) is 0 Å². The Morgan fingerprint density at radius 1 is 0.750 bits per heavy atom. The van der Waals surface area contributed by atoms with Crippen LogP contribution in [0.25, 0.3) is 54.6 Å². The van der Waals surface area contributed by atoms with Gasteiger partial charge in [-0.25, -0.2) is 4.98 Å². The van der Waals surface area contributed by atoms with Crippen LogP contribution in [-0.4, -0.2) is 20.7 Å². The lowest BCUT2D eigenvalue weighted by molar-refractivity contribution is 0.799. The van der Waals surface area contributed by atoms with E-state index in [2.05, 4.69) is 87.3 Å². The van der Waals surface area contributed by atoms with Gasteiger partial charge in [0.05, 0.1) is 22.2 Å². The zero-order valence-electron chi connectivity index (χ0n) is 21.1. The third-order valence-corrected chi connectivity index (χ3v) is 7.59. The van der Waals surface area contributed by atoms with Gasteiger partial charge in [-0.3, -0.25) is 9.98 Å². The number of fused-ring (bicyclic) bond motifs is 9. The number of nitrogens with zero attached hydrogens (tertiary/aromatic N) is 3. The monoisotopic (exact) mass is 468 g/mol. The van der Waals surface area contributed by atoms with Crippen LogP contribution < -0.4 is 0 Å². The van der Waals surface area contributed by atoms with Crippen molar-refractivity contribution < 1.29 is 0 Å². The number of benzene rings is 4. The fraction of sp³-hybridized carbons (Fsp3) is 0.219. The zero-order valence-corrected chi connectivity index (χ0v) is 21.1. The average Bonchev–Trinajstić information content (AvgIpc) is 3.54. The minimum absolute atomic E-state index is 0.372. The van der Waals surface area contributed by atoms with Gasteiger partial charge in [0.2, 0.25) is 0 Å². The Morgan fingerprint density at radius 2 is 1.56 bits per heavy atom. The molecule has 1 N–H and O–H groups in total. The fourth-order valence-corrected chi connectivity index (χ4v) is 5.56. The summed E-state index contributed by atoms with van der Waals surface area (Å²) in [7, 11) is 0. The van der Waals surface area contributed by atoms with E-state index in [1.54, 1.807) is 0 Å². The fourth-order valence-electron chi connectivity index (χ4n) is 5.56. The molecule has 0 atom stereocenters. The van der Waals surface area contributed by atoms with E-state index in [9.17, 15) is 0 Å². The highest BCUT2D eigenvalue weighted by Gasteiger charge is 2.23. The lowest BCUT2D eigenvalue weighted by atomic mass is 9.92. The van der Waals surface area contributed by atoms with Gasteiger partial charge < -0.3 is 4.98 Å². The molecule has 36 heavy (non-hydrogen) atoms. The summed E-state index contributed by atoms with van der Waals surface area (Å²) < 4.78 is 0. The third-order valence-electron chi connectivity index (χ3n) is 7.59. The molecule has 3 heterocycles. The van der Waals surface area contributed by atoms with E-state index in [4.69, 9.17) is 15.0 Å². The summed E-state index contributed by atoms with van der Waals surface area (Å²) in [4.78, 5) is 18.2. The molecule has 7 rings (SSSR count). The lowest BCUT2D eigenvalue weighted by Crippen LogP contribution is -2.06. The molecule has 0 spiro atoms. The normalized spacial score (nSPS) is 13.6. The number of aliphatic imine (C=N–C) groups is 1. The first kappa shape index (κ1) is 21.3. The molecule has 176 valence electrons. The standard InChI is InChI=1S/C32H28N4/c1-17(2)28-16-26-23-11-8-20(15-25(23)29-24(30(26)34-28)6-5-13-33-29)19-7-10-22-21(14-19)9-12-27-31(22)36-32(35-27)18(3)4/h5-15,17-18H,16H2,1-4H3,(H,35,36). The van der Waals surface area contributed by atoms with Gasteiger partial charge in [-0.05, 0) is 63.7 Å². The molecule has 0 saturated carbocycles. The van der Waals surface area contributed by atoms with Crippen molar-refractivity contribution in [1.82, 2.24) is 15.0 Å². The van der Waals surface area contributed by atoms with Crippen molar-refractivity contribution in [2.45, 2.75) is 40.0 Å². The predicted octanol–water partition coefficient (Wildman–Crippen LogP) is 8.49. The van der Waals surface area contributed by atoms with Crippen molar-refractivity contribution in [3.05, 3.63) is 78.2 Å². The summed E-state index contributed by atoms with van der Waals surface area (Å²) in [6.45, 7) is 8.79. The van der Waals surface area contributed by atoms with Crippen LogP contribution in [-0.2, 0) is 6.42 Å². The van der Waals surface area contributed by atoms with Crippen LogP contribution in [0.4, 0.5) is 5.69 Å². The van der Waals surface area contributed by atoms with Gasteiger partial charge >= 0.3 is 0 Å². The Bertz CT molecular complexity index is 1870. The highest BCUT2D eigenvalue weighted by atomic mass is 14.9. The van der Waals surface area contributed by atoms with Gasteiger partial charge in [-0.15, -0.1) is 0 Å². The summed E-state index contributed by atoms with van der Waals surface area (Å²) in [6.07, 6.45) is 2.81. The van der Waals surface area contributed by atoms with Gasteiger partial charge in [0.1, 0.15) is 5.82 Å². The summed E-state index contributed by atoms with van der Waals surface area (Å²) in [5, 5.41) is 6.00. The predicted molar refractivity (Wildman–Crippen MR) is 152 cm³/mol. The van der Waals surface area contributed by atoms with Crippen LogP contribution in [0.3, 0.4) is 0 Å². The molecule has 0 radical (unpaired) electrons. The van der Waals surface area contributed by atoms with E-state index in [-0.39, 0.29) is 0 Å². The number of aromatic nitrogens is 3. The van der Waals surface area contributed by atoms with Crippen molar-refractivity contribution in [2.24, 2.45) is 10.9 Å². The number of hydrogen-bond donors (Lipinski definition) is 1. The van der Waals surface area contributed by atoms with Crippen LogP contribution in [0.15, 0.2) is 71.9 Å². The Balaban J connectivity index is 1.41. The van der Waals surface area contributed by atoms with Crippen molar-refractivity contribution in [2.75, 3.05) is 0 Å². The van der Waals surface area contributed by atoms with Crippen molar-refractivity contribution in [3.8, 4) is 11.1 Å². The molecule has 1 aliphatic rings. The minimum Gasteiger partial charge on any atom is -0.342 e. The lowest BCUT2D eigenvalue weighted by Gasteiger charge is -2.12. The molecule has 4 heteroatoms. The maximum absolute atomic E-state index is 5.05. The van der Waals surface area contributed by atoms with Crippen LogP contribution in [0.1, 0.15) is 45.0 Å². The molecule has 1 aliphatic heterocycles. The number of hydrogen-bond acceptors (Lipinski definition) is 3. The SMILES string of the molecule is CC(C)C1=Nc2c(c3ccc(-c4ccc5c(ccc6[nH]c(C(C)C)nc65)c4)cc3c3ncccc23)C1. The number of aromatic amines is 1. The van der Waals surface area contributed by atoms with Crippen LogP contribution in [0, 0.1) is 5.92 Å². The molecular weight excluding hydrogens is 440 g/mol. The van der Waals surface area contributed by atoms with Crippen molar-refractivity contribution in [1.29, 1.82) is 0 Å². The van der Waals surface area contributed by atoms with E-state index in [1.807, 2.05) is 12.3 Å². The topological polar surface area (TPSA) is 53.9 Å².